The quantitative estimate of drug-likeness (QED) is 0.565. The molecule has 0 saturated carbocycles. The van der Waals surface area contributed by atoms with Crippen LogP contribution in [0.15, 0.2) is 5.16 Å². The van der Waals surface area contributed by atoms with Crippen LogP contribution >= 0.6 is 11.8 Å². The highest BCUT2D eigenvalue weighted by Gasteiger charge is 2.09. The van der Waals surface area contributed by atoms with Crippen LogP contribution in [0.1, 0.15) is 6.92 Å². The lowest BCUT2D eigenvalue weighted by molar-refractivity contribution is -0.139. The van der Waals surface area contributed by atoms with Gasteiger partial charge in [-0.25, -0.2) is 0 Å². The second-order valence-corrected chi connectivity index (χ2v) is 3.44. The Bertz CT molecular complexity index is 325. The number of nitrogen functional groups attached to an aromatic ring is 1. The number of carbonyl (C=O) groups is 1. The molecular weight excluding hydrogens is 204 g/mol. The van der Waals surface area contributed by atoms with Crippen molar-refractivity contribution < 1.29 is 9.53 Å². The van der Waals surface area contributed by atoms with Gasteiger partial charge in [-0.1, -0.05) is 11.8 Å². The van der Waals surface area contributed by atoms with Crippen molar-refractivity contribution in [2.45, 2.75) is 12.1 Å². The average molecular weight is 216 g/mol. The molecule has 0 aliphatic heterocycles. The standard InChI is InChI=1S/C7H12N4O2S/c1-3-13-5(12)4-14-7-10-9-6(8)11(7)2/h3-4H2,1-2H3,(H2,8,9). The molecule has 0 aliphatic carbocycles. The number of hydrogen-bond donors (Lipinski definition) is 1. The van der Waals surface area contributed by atoms with Crippen molar-refractivity contribution in [2.24, 2.45) is 7.05 Å². The summed E-state index contributed by atoms with van der Waals surface area (Å²) in [6.45, 7) is 2.16. The van der Waals surface area contributed by atoms with Gasteiger partial charge in [-0.05, 0) is 6.92 Å². The first-order valence-corrected chi connectivity index (χ1v) is 5.07. The Morgan fingerprint density at radius 3 is 2.86 bits per heavy atom. The highest BCUT2D eigenvalue weighted by atomic mass is 32.2. The third-order valence-electron chi connectivity index (χ3n) is 1.49. The summed E-state index contributed by atoms with van der Waals surface area (Å²) in [6, 6.07) is 0. The van der Waals surface area contributed by atoms with Gasteiger partial charge in [0.2, 0.25) is 5.95 Å². The van der Waals surface area contributed by atoms with Gasteiger partial charge in [-0.3, -0.25) is 9.36 Å². The summed E-state index contributed by atoms with van der Waals surface area (Å²) in [5.41, 5.74) is 5.47. The molecule has 0 aliphatic rings. The SMILES string of the molecule is CCOC(=O)CSc1nnc(N)n1C. The molecule has 1 aromatic rings. The van der Waals surface area contributed by atoms with Crippen molar-refractivity contribution in [1.29, 1.82) is 0 Å². The number of aromatic nitrogens is 3. The summed E-state index contributed by atoms with van der Waals surface area (Å²) in [4.78, 5) is 11.0. The summed E-state index contributed by atoms with van der Waals surface area (Å²) < 4.78 is 6.38. The molecule has 6 nitrogen and oxygen atoms in total. The molecule has 0 atom stereocenters. The molecule has 0 unspecified atom stereocenters. The molecule has 0 saturated heterocycles. The molecular formula is C7H12N4O2S. The first-order chi connectivity index (χ1) is 6.65. The van der Waals surface area contributed by atoms with Crippen molar-refractivity contribution in [2.75, 3.05) is 18.1 Å². The van der Waals surface area contributed by atoms with E-state index in [0.29, 0.717) is 17.7 Å². The number of ether oxygens (including phenoxy) is 1. The fourth-order valence-corrected chi connectivity index (χ4v) is 1.49. The third-order valence-corrected chi connectivity index (χ3v) is 2.49. The minimum Gasteiger partial charge on any atom is -0.465 e. The van der Waals surface area contributed by atoms with Crippen LogP contribution in [0.25, 0.3) is 0 Å². The summed E-state index contributed by atoms with van der Waals surface area (Å²) in [5, 5.41) is 8.06. The maximum atomic E-state index is 11.0. The van der Waals surface area contributed by atoms with Gasteiger partial charge in [-0.15, -0.1) is 10.2 Å². The molecule has 78 valence electrons. The van der Waals surface area contributed by atoms with Crippen molar-refractivity contribution in [1.82, 2.24) is 14.8 Å². The highest BCUT2D eigenvalue weighted by molar-refractivity contribution is 7.99. The summed E-state index contributed by atoms with van der Waals surface area (Å²) in [7, 11) is 1.74. The lowest BCUT2D eigenvalue weighted by Crippen LogP contribution is -2.07. The van der Waals surface area contributed by atoms with E-state index in [-0.39, 0.29) is 11.7 Å². The van der Waals surface area contributed by atoms with Gasteiger partial charge < -0.3 is 10.5 Å². The normalized spacial score (nSPS) is 10.1. The molecule has 1 rings (SSSR count). The molecule has 0 amide bonds. The number of nitrogens with two attached hydrogens (primary N) is 1. The van der Waals surface area contributed by atoms with Crippen LogP contribution < -0.4 is 5.73 Å². The summed E-state index contributed by atoms with van der Waals surface area (Å²) in [6.07, 6.45) is 0. The predicted molar refractivity (Wildman–Crippen MR) is 52.8 cm³/mol. The van der Waals surface area contributed by atoms with Gasteiger partial charge in [0.15, 0.2) is 5.16 Å². The Morgan fingerprint density at radius 1 is 1.64 bits per heavy atom. The zero-order valence-corrected chi connectivity index (χ0v) is 8.87. The van der Waals surface area contributed by atoms with Crippen molar-refractivity contribution in [3.8, 4) is 0 Å². The van der Waals surface area contributed by atoms with E-state index in [2.05, 4.69) is 10.2 Å². The number of thioether (sulfide) groups is 1. The molecule has 2 N–H and O–H groups in total. The summed E-state index contributed by atoms with van der Waals surface area (Å²) in [5.74, 6) is 0.287. The number of carbonyl (C=O) groups excluding carboxylic acids is 1. The van der Waals surface area contributed by atoms with Gasteiger partial charge in [0, 0.05) is 7.05 Å². The number of esters is 1. The smallest absolute Gasteiger partial charge is 0.316 e. The Balaban J connectivity index is 2.46. The maximum Gasteiger partial charge on any atom is 0.316 e. The molecule has 7 heteroatoms. The minimum atomic E-state index is -0.265. The van der Waals surface area contributed by atoms with Crippen LogP contribution in [0.5, 0.6) is 0 Å². The van der Waals surface area contributed by atoms with Crippen molar-refractivity contribution >= 4 is 23.7 Å². The van der Waals surface area contributed by atoms with E-state index in [1.165, 1.54) is 11.8 Å². The van der Waals surface area contributed by atoms with Gasteiger partial charge in [0.25, 0.3) is 0 Å². The van der Waals surface area contributed by atoms with E-state index in [4.69, 9.17) is 10.5 Å². The number of nitrogens with zero attached hydrogens (tertiary/aromatic N) is 3. The number of hydrogen-bond acceptors (Lipinski definition) is 6. The second-order valence-electron chi connectivity index (χ2n) is 2.49. The van der Waals surface area contributed by atoms with Crippen LogP contribution in [0.3, 0.4) is 0 Å². The molecule has 1 heterocycles. The fourth-order valence-electron chi connectivity index (χ4n) is 0.778. The van der Waals surface area contributed by atoms with Gasteiger partial charge in [-0.2, -0.15) is 0 Å². The third kappa shape index (κ3) is 2.63. The topological polar surface area (TPSA) is 83.0 Å². The molecule has 0 fully saturated rings. The number of rotatable bonds is 4. The molecule has 1 aromatic heterocycles. The fraction of sp³-hybridized carbons (Fsp3) is 0.571. The zero-order chi connectivity index (χ0) is 10.6. The first kappa shape index (κ1) is 10.8. The number of anilines is 1. The van der Waals surface area contributed by atoms with E-state index in [0.717, 1.165) is 0 Å². The second kappa shape index (κ2) is 4.85. The Morgan fingerprint density at radius 2 is 2.36 bits per heavy atom. The molecule has 0 bridgehead atoms. The molecule has 0 radical (unpaired) electrons. The van der Waals surface area contributed by atoms with Crippen LogP contribution in [-0.4, -0.2) is 33.1 Å². The average Bonchev–Trinajstić information content (AvgIpc) is 2.46. The Kier molecular flexibility index (Phi) is 3.75. The lowest BCUT2D eigenvalue weighted by Gasteiger charge is -2.01. The van der Waals surface area contributed by atoms with E-state index >= 15 is 0 Å². The van der Waals surface area contributed by atoms with Gasteiger partial charge in [0.1, 0.15) is 0 Å². The van der Waals surface area contributed by atoms with Crippen molar-refractivity contribution in [3.05, 3.63) is 0 Å². The van der Waals surface area contributed by atoms with Crippen molar-refractivity contribution in [3.63, 3.8) is 0 Å². The molecule has 0 spiro atoms. The van der Waals surface area contributed by atoms with E-state index < -0.39 is 0 Å². The molecule has 0 aromatic carbocycles. The monoisotopic (exact) mass is 216 g/mol. The Hall–Kier alpha value is -1.24. The van der Waals surface area contributed by atoms with Crippen LogP contribution in [-0.2, 0) is 16.6 Å². The zero-order valence-electron chi connectivity index (χ0n) is 8.06. The van der Waals surface area contributed by atoms with Gasteiger partial charge in [0.05, 0.1) is 12.4 Å². The maximum absolute atomic E-state index is 11.0. The molecule has 14 heavy (non-hydrogen) atoms. The van der Waals surface area contributed by atoms with Crippen LogP contribution in [0, 0.1) is 0 Å². The Labute approximate surface area is 85.8 Å². The van der Waals surface area contributed by atoms with Crippen LogP contribution in [0.4, 0.5) is 5.95 Å². The minimum absolute atomic E-state index is 0.222. The first-order valence-electron chi connectivity index (χ1n) is 4.08. The van der Waals surface area contributed by atoms with Gasteiger partial charge >= 0.3 is 5.97 Å². The predicted octanol–water partition coefficient (Wildman–Crippen LogP) is 0.0525. The van der Waals surface area contributed by atoms with E-state index in [1.54, 1.807) is 18.5 Å². The van der Waals surface area contributed by atoms with Crippen LogP contribution in [0.2, 0.25) is 0 Å². The van der Waals surface area contributed by atoms with E-state index in [1.807, 2.05) is 0 Å². The summed E-state index contributed by atoms with van der Waals surface area (Å²) >= 11 is 1.25. The largest absolute Gasteiger partial charge is 0.465 e. The van der Waals surface area contributed by atoms with E-state index in [9.17, 15) is 4.79 Å². The lowest BCUT2D eigenvalue weighted by atomic mass is 10.8. The highest BCUT2D eigenvalue weighted by Crippen LogP contribution is 2.15.